The summed E-state index contributed by atoms with van der Waals surface area (Å²) in [5.41, 5.74) is 2.98. The van der Waals surface area contributed by atoms with Crippen LogP contribution in [0.15, 0.2) is 60.7 Å². The topological polar surface area (TPSA) is 17.1 Å². The number of rotatable bonds is 3. The summed E-state index contributed by atoms with van der Waals surface area (Å²) in [6, 6.07) is 17.4. The maximum absolute atomic E-state index is 11.8. The molecule has 1 heteroatoms. The Morgan fingerprint density at radius 3 is 2.24 bits per heavy atom. The van der Waals surface area contributed by atoms with Crippen LogP contribution in [0.5, 0.6) is 0 Å². The Labute approximate surface area is 101 Å². The first kappa shape index (κ1) is 11.3. The van der Waals surface area contributed by atoms with Crippen LogP contribution in [0.1, 0.15) is 21.5 Å². The van der Waals surface area contributed by atoms with Crippen molar-refractivity contribution in [3.63, 3.8) is 0 Å². The Morgan fingerprint density at radius 2 is 1.59 bits per heavy atom. The predicted octanol–water partition coefficient (Wildman–Crippen LogP) is 3.89. The van der Waals surface area contributed by atoms with Gasteiger partial charge in [-0.25, -0.2) is 0 Å². The third-order valence-electron chi connectivity index (χ3n) is 2.56. The molecular formula is C16H14O. The molecule has 0 unspecified atom stereocenters. The molecule has 0 saturated carbocycles. The summed E-state index contributed by atoms with van der Waals surface area (Å²) in [5.74, 6) is 0.0335. The van der Waals surface area contributed by atoms with Gasteiger partial charge in [-0.1, -0.05) is 66.2 Å². The summed E-state index contributed by atoms with van der Waals surface area (Å²) in [6.07, 6.45) is 3.45. The van der Waals surface area contributed by atoms with Gasteiger partial charge in [-0.15, -0.1) is 0 Å². The van der Waals surface area contributed by atoms with Crippen molar-refractivity contribution in [1.82, 2.24) is 0 Å². The van der Waals surface area contributed by atoms with Gasteiger partial charge in [-0.2, -0.15) is 0 Å². The number of hydrogen-bond donors (Lipinski definition) is 0. The standard InChI is InChI=1S/C16H14O/c1-13-7-9-14(10-8-13)11-12-16(17)15-5-3-2-4-6-15/h2-12H,1H3/b12-11-. The Hall–Kier alpha value is -2.15. The lowest BCUT2D eigenvalue weighted by Gasteiger charge is -1.96. The molecule has 0 aliphatic carbocycles. The zero-order valence-corrected chi connectivity index (χ0v) is 9.76. The maximum atomic E-state index is 11.8. The van der Waals surface area contributed by atoms with E-state index in [9.17, 15) is 4.79 Å². The van der Waals surface area contributed by atoms with E-state index in [0.717, 1.165) is 11.1 Å². The monoisotopic (exact) mass is 222 g/mol. The summed E-state index contributed by atoms with van der Waals surface area (Å²) in [6.45, 7) is 2.04. The van der Waals surface area contributed by atoms with Gasteiger partial charge < -0.3 is 0 Å². The Balaban J connectivity index is 2.11. The van der Waals surface area contributed by atoms with Crippen molar-refractivity contribution in [2.45, 2.75) is 6.92 Å². The molecule has 84 valence electrons. The fraction of sp³-hybridized carbons (Fsp3) is 0.0625. The molecular weight excluding hydrogens is 208 g/mol. The summed E-state index contributed by atoms with van der Waals surface area (Å²) in [7, 11) is 0. The molecule has 17 heavy (non-hydrogen) atoms. The summed E-state index contributed by atoms with van der Waals surface area (Å²) >= 11 is 0. The molecule has 2 aromatic carbocycles. The third-order valence-corrected chi connectivity index (χ3v) is 2.56. The van der Waals surface area contributed by atoms with Gasteiger partial charge in [0.2, 0.25) is 0 Å². The smallest absolute Gasteiger partial charge is 0.185 e. The van der Waals surface area contributed by atoms with Crippen molar-refractivity contribution >= 4 is 11.9 Å². The normalized spacial score (nSPS) is 10.6. The molecule has 0 fully saturated rings. The van der Waals surface area contributed by atoms with Gasteiger partial charge in [0.05, 0.1) is 0 Å². The Morgan fingerprint density at radius 1 is 0.941 bits per heavy atom. The van der Waals surface area contributed by atoms with E-state index in [1.54, 1.807) is 6.08 Å². The molecule has 0 aliphatic rings. The Kier molecular flexibility index (Phi) is 3.51. The van der Waals surface area contributed by atoms with E-state index in [1.165, 1.54) is 5.56 Å². The molecule has 0 aliphatic heterocycles. The van der Waals surface area contributed by atoms with Crippen molar-refractivity contribution in [3.8, 4) is 0 Å². The Bertz CT molecular complexity index is 521. The third kappa shape index (κ3) is 3.15. The average molecular weight is 222 g/mol. The number of hydrogen-bond acceptors (Lipinski definition) is 1. The largest absolute Gasteiger partial charge is 0.289 e. The molecule has 1 nitrogen and oxygen atoms in total. The second-order valence-corrected chi connectivity index (χ2v) is 3.97. The first-order chi connectivity index (χ1) is 8.25. The van der Waals surface area contributed by atoms with Crippen molar-refractivity contribution in [2.24, 2.45) is 0 Å². The van der Waals surface area contributed by atoms with Crippen LogP contribution in [0.3, 0.4) is 0 Å². The number of carbonyl (C=O) groups excluding carboxylic acids is 1. The van der Waals surface area contributed by atoms with E-state index >= 15 is 0 Å². The number of carbonyl (C=O) groups is 1. The van der Waals surface area contributed by atoms with E-state index in [4.69, 9.17) is 0 Å². The highest BCUT2D eigenvalue weighted by molar-refractivity contribution is 6.06. The van der Waals surface area contributed by atoms with E-state index in [0.29, 0.717) is 0 Å². The van der Waals surface area contributed by atoms with Crippen LogP contribution < -0.4 is 0 Å². The molecule has 2 rings (SSSR count). The van der Waals surface area contributed by atoms with Crippen molar-refractivity contribution < 1.29 is 4.79 Å². The molecule has 0 bridgehead atoms. The molecule has 0 spiro atoms. The summed E-state index contributed by atoms with van der Waals surface area (Å²) in [4.78, 5) is 11.8. The van der Waals surface area contributed by atoms with Crippen LogP contribution in [0.4, 0.5) is 0 Å². The zero-order chi connectivity index (χ0) is 12.1. The lowest BCUT2D eigenvalue weighted by molar-refractivity contribution is 0.104. The van der Waals surface area contributed by atoms with Crippen molar-refractivity contribution in [3.05, 3.63) is 77.4 Å². The minimum atomic E-state index is 0.0335. The number of benzene rings is 2. The number of allylic oxidation sites excluding steroid dienone is 1. The first-order valence-corrected chi connectivity index (χ1v) is 5.60. The predicted molar refractivity (Wildman–Crippen MR) is 71.0 cm³/mol. The summed E-state index contributed by atoms with van der Waals surface area (Å²) in [5, 5.41) is 0. The van der Waals surface area contributed by atoms with Crippen LogP contribution in [0.25, 0.3) is 6.08 Å². The lowest BCUT2D eigenvalue weighted by atomic mass is 10.1. The quantitative estimate of drug-likeness (QED) is 0.568. The highest BCUT2D eigenvalue weighted by Crippen LogP contribution is 2.07. The average Bonchev–Trinajstić information content (AvgIpc) is 2.39. The molecule has 0 aromatic heterocycles. The lowest BCUT2D eigenvalue weighted by Crippen LogP contribution is -1.92. The fourth-order valence-corrected chi connectivity index (χ4v) is 1.55. The highest BCUT2D eigenvalue weighted by Gasteiger charge is 1.98. The minimum Gasteiger partial charge on any atom is -0.289 e. The molecule has 2 aromatic rings. The van der Waals surface area contributed by atoms with E-state index in [1.807, 2.05) is 67.6 Å². The van der Waals surface area contributed by atoms with Crippen LogP contribution in [0, 0.1) is 6.92 Å². The molecule has 0 atom stereocenters. The second-order valence-electron chi connectivity index (χ2n) is 3.97. The van der Waals surface area contributed by atoms with Crippen LogP contribution in [-0.2, 0) is 0 Å². The van der Waals surface area contributed by atoms with Gasteiger partial charge in [0.15, 0.2) is 5.78 Å². The van der Waals surface area contributed by atoms with E-state index in [2.05, 4.69) is 0 Å². The fourth-order valence-electron chi connectivity index (χ4n) is 1.55. The second kappa shape index (κ2) is 5.26. The zero-order valence-electron chi connectivity index (χ0n) is 9.76. The van der Waals surface area contributed by atoms with Crippen LogP contribution >= 0.6 is 0 Å². The van der Waals surface area contributed by atoms with Crippen molar-refractivity contribution in [2.75, 3.05) is 0 Å². The minimum absolute atomic E-state index is 0.0335. The number of aryl methyl sites for hydroxylation is 1. The summed E-state index contributed by atoms with van der Waals surface area (Å²) < 4.78 is 0. The van der Waals surface area contributed by atoms with E-state index in [-0.39, 0.29) is 5.78 Å². The van der Waals surface area contributed by atoms with Gasteiger partial charge >= 0.3 is 0 Å². The highest BCUT2D eigenvalue weighted by atomic mass is 16.1. The molecule has 0 amide bonds. The SMILES string of the molecule is Cc1ccc(/C=C\C(=O)c2ccccc2)cc1. The van der Waals surface area contributed by atoms with Gasteiger partial charge in [0.1, 0.15) is 0 Å². The van der Waals surface area contributed by atoms with Gasteiger partial charge in [-0.05, 0) is 18.6 Å². The molecule has 0 radical (unpaired) electrons. The first-order valence-electron chi connectivity index (χ1n) is 5.60. The molecule has 0 saturated heterocycles. The molecule has 0 heterocycles. The molecule has 0 N–H and O–H groups in total. The number of ketones is 1. The maximum Gasteiger partial charge on any atom is 0.185 e. The van der Waals surface area contributed by atoms with Gasteiger partial charge in [-0.3, -0.25) is 4.79 Å². The van der Waals surface area contributed by atoms with Gasteiger partial charge in [0.25, 0.3) is 0 Å². The van der Waals surface area contributed by atoms with Crippen molar-refractivity contribution in [1.29, 1.82) is 0 Å². The van der Waals surface area contributed by atoms with Crippen LogP contribution in [-0.4, -0.2) is 5.78 Å². The van der Waals surface area contributed by atoms with Gasteiger partial charge in [0, 0.05) is 5.56 Å². The van der Waals surface area contributed by atoms with Crippen LogP contribution in [0.2, 0.25) is 0 Å². The van der Waals surface area contributed by atoms with E-state index < -0.39 is 0 Å².